The minimum absolute atomic E-state index is 0.443. The first-order chi connectivity index (χ1) is 6.52. The third-order valence-electron chi connectivity index (χ3n) is 3.37. The fraction of sp³-hybridized carbons (Fsp3) is 0.700. The SMILES string of the molecule is CC(C)C1(C)CC1Nc1nc(Cl)cs1. The molecule has 1 aliphatic rings. The minimum atomic E-state index is 0.443. The molecule has 14 heavy (non-hydrogen) atoms. The van der Waals surface area contributed by atoms with Gasteiger partial charge in [-0.3, -0.25) is 0 Å². The van der Waals surface area contributed by atoms with Gasteiger partial charge in [-0.1, -0.05) is 32.4 Å². The molecule has 2 unspecified atom stereocenters. The molecular formula is C10H15ClN2S. The average Bonchev–Trinajstić information content (AvgIpc) is 2.54. The molecule has 0 aromatic carbocycles. The standard InChI is InChI=1S/C10H15ClN2S/c1-6(2)10(3)4-7(10)12-9-13-8(11)5-14-9/h5-7H,4H2,1-3H3,(H,12,13). The summed E-state index contributed by atoms with van der Waals surface area (Å²) in [5, 5.41) is 6.83. The number of halogens is 1. The first-order valence-corrected chi connectivity index (χ1v) is 6.15. The maximum atomic E-state index is 5.76. The summed E-state index contributed by atoms with van der Waals surface area (Å²) in [6, 6.07) is 0.574. The highest BCUT2D eigenvalue weighted by Crippen LogP contribution is 2.53. The van der Waals surface area contributed by atoms with Crippen LogP contribution in [-0.4, -0.2) is 11.0 Å². The summed E-state index contributed by atoms with van der Waals surface area (Å²) in [7, 11) is 0. The maximum Gasteiger partial charge on any atom is 0.184 e. The average molecular weight is 231 g/mol. The number of nitrogens with one attached hydrogen (secondary N) is 1. The Kier molecular flexibility index (Phi) is 2.48. The van der Waals surface area contributed by atoms with Crippen LogP contribution in [0.5, 0.6) is 0 Å². The third kappa shape index (κ3) is 1.75. The molecule has 1 aliphatic carbocycles. The normalized spacial score (nSPS) is 30.8. The van der Waals surface area contributed by atoms with E-state index < -0.39 is 0 Å². The van der Waals surface area contributed by atoms with Gasteiger partial charge in [0.15, 0.2) is 5.13 Å². The Hall–Kier alpha value is -0.280. The van der Waals surface area contributed by atoms with E-state index >= 15 is 0 Å². The van der Waals surface area contributed by atoms with Crippen molar-refractivity contribution in [2.75, 3.05) is 5.32 Å². The van der Waals surface area contributed by atoms with Gasteiger partial charge in [-0.05, 0) is 17.8 Å². The summed E-state index contributed by atoms with van der Waals surface area (Å²) in [4.78, 5) is 4.19. The summed E-state index contributed by atoms with van der Waals surface area (Å²) in [6.45, 7) is 6.87. The van der Waals surface area contributed by atoms with Crippen LogP contribution in [-0.2, 0) is 0 Å². The van der Waals surface area contributed by atoms with E-state index in [1.54, 1.807) is 11.3 Å². The monoisotopic (exact) mass is 230 g/mol. The van der Waals surface area contributed by atoms with Crippen LogP contribution in [0.15, 0.2) is 5.38 Å². The Morgan fingerprint density at radius 2 is 2.43 bits per heavy atom. The van der Waals surface area contributed by atoms with Gasteiger partial charge in [0.1, 0.15) is 5.15 Å². The van der Waals surface area contributed by atoms with Crippen molar-refractivity contribution in [1.29, 1.82) is 0 Å². The van der Waals surface area contributed by atoms with Crippen molar-refractivity contribution in [3.8, 4) is 0 Å². The number of hydrogen-bond donors (Lipinski definition) is 1. The van der Waals surface area contributed by atoms with E-state index in [2.05, 4.69) is 31.1 Å². The van der Waals surface area contributed by atoms with Gasteiger partial charge in [0, 0.05) is 11.4 Å². The van der Waals surface area contributed by atoms with Gasteiger partial charge in [-0.25, -0.2) is 4.98 Å². The molecule has 0 aliphatic heterocycles. The molecule has 0 spiro atoms. The molecule has 2 nitrogen and oxygen atoms in total. The number of thiazole rings is 1. The van der Waals surface area contributed by atoms with E-state index in [1.165, 1.54) is 6.42 Å². The molecular weight excluding hydrogens is 216 g/mol. The zero-order valence-corrected chi connectivity index (χ0v) is 10.2. The molecule has 0 radical (unpaired) electrons. The van der Waals surface area contributed by atoms with Gasteiger partial charge < -0.3 is 5.32 Å². The minimum Gasteiger partial charge on any atom is -0.358 e. The highest BCUT2D eigenvalue weighted by Gasteiger charge is 2.52. The van der Waals surface area contributed by atoms with E-state index in [0.717, 1.165) is 11.0 Å². The lowest BCUT2D eigenvalue weighted by Gasteiger charge is -2.15. The zero-order chi connectivity index (χ0) is 10.3. The van der Waals surface area contributed by atoms with Gasteiger partial charge in [-0.2, -0.15) is 0 Å². The molecule has 0 saturated heterocycles. The maximum absolute atomic E-state index is 5.76. The highest BCUT2D eigenvalue weighted by molar-refractivity contribution is 7.14. The van der Waals surface area contributed by atoms with Crippen LogP contribution in [0, 0.1) is 11.3 Å². The quantitative estimate of drug-likeness (QED) is 0.858. The number of hydrogen-bond acceptors (Lipinski definition) is 3. The molecule has 1 saturated carbocycles. The zero-order valence-electron chi connectivity index (χ0n) is 8.67. The Labute approximate surface area is 93.7 Å². The number of rotatable bonds is 3. The molecule has 1 fully saturated rings. The van der Waals surface area contributed by atoms with Gasteiger partial charge in [0.2, 0.25) is 0 Å². The predicted octanol–water partition coefficient (Wildman–Crippen LogP) is 3.64. The lowest BCUT2D eigenvalue weighted by molar-refractivity contribution is 0.388. The van der Waals surface area contributed by atoms with Crippen molar-refractivity contribution in [1.82, 2.24) is 4.98 Å². The van der Waals surface area contributed by atoms with Gasteiger partial charge in [0.05, 0.1) is 0 Å². The summed E-state index contributed by atoms with van der Waals surface area (Å²) >= 11 is 7.33. The van der Waals surface area contributed by atoms with Crippen LogP contribution in [0.25, 0.3) is 0 Å². The number of aromatic nitrogens is 1. The molecule has 0 bridgehead atoms. The summed E-state index contributed by atoms with van der Waals surface area (Å²) in [6.07, 6.45) is 1.24. The van der Waals surface area contributed by atoms with E-state index in [9.17, 15) is 0 Å². The van der Waals surface area contributed by atoms with E-state index in [1.807, 2.05) is 5.38 Å². The Morgan fingerprint density at radius 1 is 1.71 bits per heavy atom. The van der Waals surface area contributed by atoms with Crippen molar-refractivity contribution >= 4 is 28.1 Å². The third-order valence-corrected chi connectivity index (χ3v) is 4.47. The van der Waals surface area contributed by atoms with Crippen LogP contribution >= 0.6 is 22.9 Å². The summed E-state index contributed by atoms with van der Waals surface area (Å²) < 4.78 is 0. The molecule has 2 atom stereocenters. The fourth-order valence-corrected chi connectivity index (χ4v) is 2.60. The van der Waals surface area contributed by atoms with Crippen molar-refractivity contribution in [2.24, 2.45) is 11.3 Å². The van der Waals surface area contributed by atoms with Crippen molar-refractivity contribution < 1.29 is 0 Å². The predicted molar refractivity (Wildman–Crippen MR) is 62.1 cm³/mol. The van der Waals surface area contributed by atoms with Gasteiger partial charge in [-0.15, -0.1) is 11.3 Å². The van der Waals surface area contributed by atoms with Crippen molar-refractivity contribution in [3.05, 3.63) is 10.5 Å². The second-order valence-corrected chi connectivity index (χ2v) is 5.78. The van der Waals surface area contributed by atoms with Gasteiger partial charge >= 0.3 is 0 Å². The highest BCUT2D eigenvalue weighted by atomic mass is 35.5. The van der Waals surface area contributed by atoms with Crippen LogP contribution in [0.3, 0.4) is 0 Å². The van der Waals surface area contributed by atoms with Crippen LogP contribution in [0.1, 0.15) is 27.2 Å². The first kappa shape index (κ1) is 10.2. The Morgan fingerprint density at radius 3 is 2.86 bits per heavy atom. The second kappa shape index (κ2) is 3.38. The molecule has 78 valence electrons. The number of anilines is 1. The first-order valence-electron chi connectivity index (χ1n) is 4.90. The van der Waals surface area contributed by atoms with Crippen LogP contribution in [0.4, 0.5) is 5.13 Å². The van der Waals surface area contributed by atoms with E-state index in [-0.39, 0.29) is 0 Å². The van der Waals surface area contributed by atoms with Crippen molar-refractivity contribution in [2.45, 2.75) is 33.2 Å². The molecule has 1 aromatic heterocycles. The van der Waals surface area contributed by atoms with Crippen LogP contribution in [0.2, 0.25) is 5.15 Å². The topological polar surface area (TPSA) is 24.9 Å². The molecule has 4 heteroatoms. The van der Waals surface area contributed by atoms with Crippen molar-refractivity contribution in [3.63, 3.8) is 0 Å². The van der Waals surface area contributed by atoms with Gasteiger partial charge in [0.25, 0.3) is 0 Å². The lowest BCUT2D eigenvalue weighted by Crippen LogP contribution is -2.16. The molecule has 2 rings (SSSR count). The molecule has 1 aromatic rings. The van der Waals surface area contributed by atoms with E-state index in [4.69, 9.17) is 11.6 Å². The summed E-state index contributed by atoms with van der Waals surface area (Å²) in [5.74, 6) is 0.718. The number of nitrogens with zero attached hydrogens (tertiary/aromatic N) is 1. The summed E-state index contributed by atoms with van der Waals surface area (Å²) in [5.41, 5.74) is 0.443. The largest absolute Gasteiger partial charge is 0.358 e. The lowest BCUT2D eigenvalue weighted by atomic mass is 9.94. The molecule has 1 heterocycles. The second-order valence-electron chi connectivity index (χ2n) is 4.54. The molecule has 0 amide bonds. The smallest absolute Gasteiger partial charge is 0.184 e. The Bertz CT molecular complexity index is 337. The van der Waals surface area contributed by atoms with Crippen LogP contribution < -0.4 is 5.32 Å². The Balaban J connectivity index is 1.96. The molecule has 1 N–H and O–H groups in total. The fourth-order valence-electron chi connectivity index (χ4n) is 1.70. The van der Waals surface area contributed by atoms with E-state index in [0.29, 0.717) is 16.6 Å².